The summed E-state index contributed by atoms with van der Waals surface area (Å²) < 4.78 is 1.47. The minimum absolute atomic E-state index is 0.103. The molecule has 2 N–H and O–H groups in total. The Balaban J connectivity index is 2.46. The van der Waals surface area contributed by atoms with E-state index in [9.17, 15) is 9.59 Å². The molecule has 2 heterocycles. The zero-order valence-corrected chi connectivity index (χ0v) is 8.60. The van der Waals surface area contributed by atoms with Gasteiger partial charge in [-0.2, -0.15) is 0 Å². The lowest BCUT2D eigenvalue weighted by Gasteiger charge is -2.01. The molecule has 0 spiro atoms. The average molecular weight is 218 g/mol. The van der Waals surface area contributed by atoms with Gasteiger partial charge in [0.15, 0.2) is 0 Å². The predicted molar refractivity (Wildman–Crippen MR) is 57.5 cm³/mol. The van der Waals surface area contributed by atoms with E-state index in [1.165, 1.54) is 17.6 Å². The number of aromatic nitrogens is 2. The number of H-pyrrole nitrogens is 1. The van der Waals surface area contributed by atoms with Crippen LogP contribution in [0.5, 0.6) is 0 Å². The maximum atomic E-state index is 11.3. The normalized spacial score (nSPS) is 10.3. The lowest BCUT2D eigenvalue weighted by molar-refractivity contribution is 0.0691. The monoisotopic (exact) mass is 218 g/mol. The van der Waals surface area contributed by atoms with Crippen LogP contribution in [0.4, 0.5) is 0 Å². The maximum Gasteiger partial charge on any atom is 0.352 e. The van der Waals surface area contributed by atoms with E-state index in [0.29, 0.717) is 11.3 Å². The first-order chi connectivity index (χ1) is 7.59. The molecule has 0 fully saturated rings. The maximum absolute atomic E-state index is 11.3. The van der Waals surface area contributed by atoms with E-state index in [1.807, 2.05) is 0 Å². The van der Waals surface area contributed by atoms with Gasteiger partial charge in [0.25, 0.3) is 0 Å². The van der Waals surface area contributed by atoms with Crippen LogP contribution in [-0.4, -0.2) is 26.5 Å². The SMILES string of the molecule is CC(=O)n1cccc1-c1c[nH]c(C(=O)O)c1. The molecule has 5 nitrogen and oxygen atoms in total. The van der Waals surface area contributed by atoms with Gasteiger partial charge in [-0.15, -0.1) is 0 Å². The van der Waals surface area contributed by atoms with Gasteiger partial charge in [0.1, 0.15) is 5.69 Å². The Bertz CT molecular complexity index is 551. The van der Waals surface area contributed by atoms with Crippen LogP contribution in [0.2, 0.25) is 0 Å². The van der Waals surface area contributed by atoms with Crippen molar-refractivity contribution in [2.24, 2.45) is 0 Å². The molecule has 2 aromatic rings. The number of carbonyl (C=O) groups excluding carboxylic acids is 1. The van der Waals surface area contributed by atoms with Crippen molar-refractivity contribution in [3.05, 3.63) is 36.3 Å². The first-order valence-corrected chi connectivity index (χ1v) is 4.70. The number of nitrogens with zero attached hydrogens (tertiary/aromatic N) is 1. The lowest BCUT2D eigenvalue weighted by atomic mass is 10.2. The van der Waals surface area contributed by atoms with E-state index < -0.39 is 5.97 Å². The predicted octanol–water partition coefficient (Wildman–Crippen LogP) is 1.84. The number of aromatic carboxylic acids is 1. The van der Waals surface area contributed by atoms with Gasteiger partial charge in [0.05, 0.1) is 5.69 Å². The van der Waals surface area contributed by atoms with Gasteiger partial charge in [0.2, 0.25) is 5.91 Å². The van der Waals surface area contributed by atoms with Gasteiger partial charge in [-0.05, 0) is 18.2 Å². The summed E-state index contributed by atoms with van der Waals surface area (Å²) in [6.45, 7) is 1.45. The van der Waals surface area contributed by atoms with Crippen LogP contribution in [-0.2, 0) is 0 Å². The summed E-state index contributed by atoms with van der Waals surface area (Å²) in [5.41, 5.74) is 1.46. The highest BCUT2D eigenvalue weighted by Crippen LogP contribution is 2.21. The Kier molecular flexibility index (Phi) is 2.36. The third kappa shape index (κ3) is 1.63. The summed E-state index contributed by atoms with van der Waals surface area (Å²) >= 11 is 0. The van der Waals surface area contributed by atoms with E-state index in [1.54, 1.807) is 24.5 Å². The van der Waals surface area contributed by atoms with Crippen LogP contribution in [0.1, 0.15) is 22.2 Å². The Morgan fingerprint density at radius 1 is 1.44 bits per heavy atom. The Labute approximate surface area is 91.3 Å². The number of carbonyl (C=O) groups is 2. The van der Waals surface area contributed by atoms with Crippen molar-refractivity contribution in [3.8, 4) is 11.3 Å². The Morgan fingerprint density at radius 2 is 2.19 bits per heavy atom. The molecule has 0 aliphatic rings. The van der Waals surface area contributed by atoms with Crippen molar-refractivity contribution in [2.45, 2.75) is 6.92 Å². The molecular weight excluding hydrogens is 208 g/mol. The molecule has 5 heteroatoms. The van der Waals surface area contributed by atoms with Crippen LogP contribution in [0.15, 0.2) is 30.6 Å². The van der Waals surface area contributed by atoms with Crippen molar-refractivity contribution in [1.82, 2.24) is 9.55 Å². The quantitative estimate of drug-likeness (QED) is 0.807. The first-order valence-electron chi connectivity index (χ1n) is 4.70. The first kappa shape index (κ1) is 10.2. The summed E-state index contributed by atoms with van der Waals surface area (Å²) in [6, 6.07) is 5.00. The zero-order valence-electron chi connectivity index (χ0n) is 8.60. The highest BCUT2D eigenvalue weighted by atomic mass is 16.4. The van der Waals surface area contributed by atoms with Gasteiger partial charge < -0.3 is 10.1 Å². The summed E-state index contributed by atoms with van der Waals surface area (Å²) in [6.07, 6.45) is 3.21. The van der Waals surface area contributed by atoms with E-state index in [4.69, 9.17) is 5.11 Å². The van der Waals surface area contributed by atoms with Crippen molar-refractivity contribution in [2.75, 3.05) is 0 Å². The highest BCUT2D eigenvalue weighted by molar-refractivity contribution is 5.88. The van der Waals surface area contributed by atoms with E-state index >= 15 is 0 Å². The van der Waals surface area contributed by atoms with E-state index in [0.717, 1.165) is 0 Å². The Morgan fingerprint density at radius 3 is 2.75 bits per heavy atom. The number of rotatable bonds is 2. The van der Waals surface area contributed by atoms with E-state index in [-0.39, 0.29) is 11.6 Å². The average Bonchev–Trinajstić information content (AvgIpc) is 2.86. The number of hydrogen-bond acceptors (Lipinski definition) is 2. The summed E-state index contributed by atoms with van der Waals surface area (Å²) in [5, 5.41) is 8.77. The fourth-order valence-corrected chi connectivity index (χ4v) is 1.56. The van der Waals surface area contributed by atoms with Gasteiger partial charge in [-0.1, -0.05) is 0 Å². The second kappa shape index (κ2) is 3.69. The lowest BCUT2D eigenvalue weighted by Crippen LogP contribution is -2.04. The highest BCUT2D eigenvalue weighted by Gasteiger charge is 2.11. The van der Waals surface area contributed by atoms with Crippen molar-refractivity contribution < 1.29 is 14.7 Å². The van der Waals surface area contributed by atoms with Crippen LogP contribution < -0.4 is 0 Å². The molecule has 0 radical (unpaired) electrons. The standard InChI is InChI=1S/C11H10N2O3/c1-7(14)13-4-2-3-10(13)8-5-9(11(15)16)12-6-8/h2-6,12H,1H3,(H,15,16). The van der Waals surface area contributed by atoms with Gasteiger partial charge in [0, 0.05) is 24.9 Å². The number of aromatic amines is 1. The molecule has 2 rings (SSSR count). The molecule has 0 saturated carbocycles. The van der Waals surface area contributed by atoms with Gasteiger partial charge >= 0.3 is 5.97 Å². The van der Waals surface area contributed by atoms with Gasteiger partial charge in [-0.25, -0.2) is 4.79 Å². The third-order valence-corrected chi connectivity index (χ3v) is 2.30. The topological polar surface area (TPSA) is 75.1 Å². The molecular formula is C11H10N2O3. The fraction of sp³-hybridized carbons (Fsp3) is 0.0909. The van der Waals surface area contributed by atoms with Crippen LogP contribution in [0.3, 0.4) is 0 Å². The minimum atomic E-state index is -1.02. The van der Waals surface area contributed by atoms with Gasteiger partial charge in [-0.3, -0.25) is 9.36 Å². The molecule has 0 atom stereocenters. The largest absolute Gasteiger partial charge is 0.477 e. The van der Waals surface area contributed by atoms with E-state index in [2.05, 4.69) is 4.98 Å². The molecule has 0 aromatic carbocycles. The van der Waals surface area contributed by atoms with Crippen molar-refractivity contribution in [1.29, 1.82) is 0 Å². The van der Waals surface area contributed by atoms with Crippen LogP contribution >= 0.6 is 0 Å². The van der Waals surface area contributed by atoms with Crippen molar-refractivity contribution >= 4 is 11.9 Å². The number of carboxylic acid groups (broad SMARTS) is 1. The number of carboxylic acids is 1. The third-order valence-electron chi connectivity index (χ3n) is 2.30. The molecule has 0 aliphatic heterocycles. The molecule has 16 heavy (non-hydrogen) atoms. The zero-order chi connectivity index (χ0) is 11.7. The molecule has 2 aromatic heterocycles. The Hall–Kier alpha value is -2.30. The second-order valence-corrected chi connectivity index (χ2v) is 3.39. The summed E-state index contributed by atoms with van der Waals surface area (Å²) in [4.78, 5) is 24.6. The molecule has 0 amide bonds. The minimum Gasteiger partial charge on any atom is -0.477 e. The number of nitrogens with one attached hydrogen (secondary N) is 1. The molecule has 82 valence electrons. The summed E-state index contributed by atoms with van der Waals surface area (Å²) in [7, 11) is 0. The fourth-order valence-electron chi connectivity index (χ4n) is 1.56. The molecule has 0 saturated heterocycles. The van der Waals surface area contributed by atoms with Crippen LogP contribution in [0, 0.1) is 0 Å². The molecule has 0 bridgehead atoms. The second-order valence-electron chi connectivity index (χ2n) is 3.39. The smallest absolute Gasteiger partial charge is 0.352 e. The van der Waals surface area contributed by atoms with Crippen molar-refractivity contribution in [3.63, 3.8) is 0 Å². The number of hydrogen-bond donors (Lipinski definition) is 2. The molecule has 0 unspecified atom stereocenters. The summed E-state index contributed by atoms with van der Waals surface area (Å²) in [5.74, 6) is -1.13. The van der Waals surface area contributed by atoms with Crippen LogP contribution in [0.25, 0.3) is 11.3 Å². The molecule has 0 aliphatic carbocycles.